The molecule has 1 saturated heterocycles. The van der Waals surface area contributed by atoms with E-state index in [0.29, 0.717) is 0 Å². The second kappa shape index (κ2) is 1.53. The average Bonchev–Trinajstić information content (AvgIpc) is 2.18. The lowest BCUT2D eigenvalue weighted by molar-refractivity contribution is -0.136. The van der Waals surface area contributed by atoms with Crippen molar-refractivity contribution in [2.45, 2.75) is 39.4 Å². The molecule has 1 heterocycles. The number of hydrogen-bond donors (Lipinski definition) is 0. The monoisotopic (exact) mass is 154 g/mol. The highest BCUT2D eigenvalue weighted by Crippen LogP contribution is 2.61. The summed E-state index contributed by atoms with van der Waals surface area (Å²) >= 11 is 0. The van der Waals surface area contributed by atoms with Gasteiger partial charge in [-0.05, 0) is 13.8 Å². The molecule has 2 atom stereocenters. The Bertz CT molecular complexity index is 228. The van der Waals surface area contributed by atoms with E-state index in [1.807, 2.05) is 13.8 Å². The molecular formula is C9H14O2. The minimum atomic E-state index is -0.509. The van der Waals surface area contributed by atoms with Gasteiger partial charge < -0.3 is 4.74 Å². The predicted molar refractivity (Wildman–Crippen MR) is 41.2 cm³/mol. The molecule has 0 amide bonds. The lowest BCUT2D eigenvalue weighted by Gasteiger charge is -2.22. The fraction of sp³-hybridized carbons (Fsp3) is 0.889. The van der Waals surface area contributed by atoms with E-state index in [9.17, 15) is 4.79 Å². The molecule has 62 valence electrons. The molecule has 1 saturated carbocycles. The summed E-state index contributed by atoms with van der Waals surface area (Å²) in [4.78, 5) is 11.6. The Morgan fingerprint density at radius 2 is 1.82 bits per heavy atom. The molecule has 1 aliphatic carbocycles. The van der Waals surface area contributed by atoms with Crippen LogP contribution in [-0.2, 0) is 9.53 Å². The van der Waals surface area contributed by atoms with Crippen LogP contribution in [0.3, 0.4) is 0 Å². The van der Waals surface area contributed by atoms with Gasteiger partial charge in [-0.1, -0.05) is 13.8 Å². The lowest BCUT2D eigenvalue weighted by Crippen LogP contribution is -2.34. The molecule has 0 aromatic rings. The Labute approximate surface area is 66.9 Å². The number of hydrogen-bond acceptors (Lipinski definition) is 2. The zero-order valence-electron chi connectivity index (χ0n) is 7.47. The lowest BCUT2D eigenvalue weighted by atomic mass is 9.95. The third-order valence-electron chi connectivity index (χ3n) is 3.03. The first-order valence-corrected chi connectivity index (χ1v) is 4.09. The highest BCUT2D eigenvalue weighted by molar-refractivity contribution is 5.95. The number of ketones is 1. The SMILES string of the molecule is CC1(C)OC2C(C1=O)C2(C)C. The number of carbonyl (C=O) groups excluding carboxylic acids is 1. The molecule has 2 heteroatoms. The first-order chi connectivity index (χ1) is 4.87. The van der Waals surface area contributed by atoms with Gasteiger partial charge in [-0.2, -0.15) is 0 Å². The van der Waals surface area contributed by atoms with Crippen molar-refractivity contribution in [3.63, 3.8) is 0 Å². The van der Waals surface area contributed by atoms with Gasteiger partial charge in [0.25, 0.3) is 0 Å². The summed E-state index contributed by atoms with van der Waals surface area (Å²) in [6, 6.07) is 0. The van der Waals surface area contributed by atoms with Gasteiger partial charge in [0.15, 0.2) is 5.78 Å². The Kier molecular flexibility index (Phi) is 1.02. The summed E-state index contributed by atoms with van der Waals surface area (Å²) < 4.78 is 5.60. The van der Waals surface area contributed by atoms with Crippen molar-refractivity contribution >= 4 is 5.78 Å². The van der Waals surface area contributed by atoms with Crippen LogP contribution in [0.15, 0.2) is 0 Å². The van der Waals surface area contributed by atoms with E-state index in [4.69, 9.17) is 4.74 Å². The van der Waals surface area contributed by atoms with Crippen molar-refractivity contribution in [1.82, 2.24) is 0 Å². The number of carbonyl (C=O) groups is 1. The zero-order valence-corrected chi connectivity index (χ0v) is 7.47. The average molecular weight is 154 g/mol. The second-order valence-corrected chi connectivity index (χ2v) is 4.71. The van der Waals surface area contributed by atoms with Crippen LogP contribution in [0, 0.1) is 11.3 Å². The van der Waals surface area contributed by atoms with Gasteiger partial charge in [-0.15, -0.1) is 0 Å². The predicted octanol–water partition coefficient (Wildman–Crippen LogP) is 1.39. The summed E-state index contributed by atoms with van der Waals surface area (Å²) in [5.41, 5.74) is -0.391. The summed E-state index contributed by atoms with van der Waals surface area (Å²) in [6.45, 7) is 7.90. The summed E-state index contributed by atoms with van der Waals surface area (Å²) in [7, 11) is 0. The molecule has 1 aliphatic heterocycles. The van der Waals surface area contributed by atoms with Crippen molar-refractivity contribution in [3.8, 4) is 0 Å². The number of Topliss-reactive ketones (excluding diaryl/α,β-unsaturated/α-hetero) is 1. The van der Waals surface area contributed by atoms with Crippen LogP contribution in [0.5, 0.6) is 0 Å². The van der Waals surface area contributed by atoms with Crippen molar-refractivity contribution in [1.29, 1.82) is 0 Å². The van der Waals surface area contributed by atoms with Crippen LogP contribution in [0.2, 0.25) is 0 Å². The van der Waals surface area contributed by atoms with Crippen LogP contribution < -0.4 is 0 Å². The van der Waals surface area contributed by atoms with Crippen molar-refractivity contribution < 1.29 is 9.53 Å². The molecule has 11 heavy (non-hydrogen) atoms. The topological polar surface area (TPSA) is 26.3 Å². The first-order valence-electron chi connectivity index (χ1n) is 4.09. The second-order valence-electron chi connectivity index (χ2n) is 4.71. The van der Waals surface area contributed by atoms with E-state index in [1.165, 1.54) is 0 Å². The van der Waals surface area contributed by atoms with Crippen LogP contribution >= 0.6 is 0 Å². The smallest absolute Gasteiger partial charge is 0.170 e. The maximum Gasteiger partial charge on any atom is 0.170 e. The number of rotatable bonds is 0. The molecule has 0 spiro atoms. The van der Waals surface area contributed by atoms with Crippen molar-refractivity contribution in [3.05, 3.63) is 0 Å². The molecule has 0 aromatic carbocycles. The minimum absolute atomic E-state index is 0.118. The van der Waals surface area contributed by atoms with E-state index >= 15 is 0 Å². The molecule has 2 aliphatic rings. The maximum atomic E-state index is 11.6. The highest BCUT2D eigenvalue weighted by atomic mass is 16.5. The molecule has 0 N–H and O–H groups in total. The highest BCUT2D eigenvalue weighted by Gasteiger charge is 2.71. The van der Waals surface area contributed by atoms with Gasteiger partial charge >= 0.3 is 0 Å². The van der Waals surface area contributed by atoms with E-state index in [-0.39, 0.29) is 23.2 Å². The molecular weight excluding hydrogens is 140 g/mol. The zero-order chi connectivity index (χ0) is 8.44. The van der Waals surface area contributed by atoms with Crippen molar-refractivity contribution in [2.75, 3.05) is 0 Å². The van der Waals surface area contributed by atoms with Crippen LogP contribution in [0.1, 0.15) is 27.7 Å². The van der Waals surface area contributed by atoms with Gasteiger partial charge in [0.1, 0.15) is 5.60 Å². The van der Waals surface area contributed by atoms with Gasteiger partial charge in [0.05, 0.1) is 12.0 Å². The molecule has 0 bridgehead atoms. The van der Waals surface area contributed by atoms with Crippen LogP contribution in [0.4, 0.5) is 0 Å². The van der Waals surface area contributed by atoms with Crippen LogP contribution in [0.25, 0.3) is 0 Å². The quantitative estimate of drug-likeness (QED) is 0.527. The summed E-state index contributed by atoms with van der Waals surface area (Å²) in [6.07, 6.45) is 0.199. The third-order valence-corrected chi connectivity index (χ3v) is 3.03. The standard InChI is InChI=1S/C9H14O2/c1-8(2)5-6(10)9(3,4)11-7(5)8/h5,7H,1-4H3. The largest absolute Gasteiger partial charge is 0.363 e. The summed E-state index contributed by atoms with van der Waals surface area (Å²) in [5, 5.41) is 0. The summed E-state index contributed by atoms with van der Waals surface area (Å²) in [5.74, 6) is 0.463. The Balaban J connectivity index is 2.25. The first kappa shape index (κ1) is 7.29. The van der Waals surface area contributed by atoms with E-state index < -0.39 is 5.60 Å². The number of fused-ring (bicyclic) bond motifs is 1. The Morgan fingerprint density at radius 3 is 2.09 bits per heavy atom. The van der Waals surface area contributed by atoms with Crippen LogP contribution in [-0.4, -0.2) is 17.5 Å². The van der Waals surface area contributed by atoms with E-state index in [0.717, 1.165) is 0 Å². The van der Waals surface area contributed by atoms with Crippen molar-refractivity contribution in [2.24, 2.45) is 11.3 Å². The van der Waals surface area contributed by atoms with E-state index in [2.05, 4.69) is 13.8 Å². The molecule has 0 aromatic heterocycles. The Morgan fingerprint density at radius 1 is 1.27 bits per heavy atom. The molecule has 2 nitrogen and oxygen atoms in total. The third kappa shape index (κ3) is 0.684. The van der Waals surface area contributed by atoms with Gasteiger partial charge in [0, 0.05) is 5.41 Å². The van der Waals surface area contributed by atoms with Gasteiger partial charge in [0.2, 0.25) is 0 Å². The van der Waals surface area contributed by atoms with E-state index in [1.54, 1.807) is 0 Å². The molecule has 0 radical (unpaired) electrons. The van der Waals surface area contributed by atoms with Gasteiger partial charge in [-0.3, -0.25) is 4.79 Å². The maximum absolute atomic E-state index is 11.6. The fourth-order valence-corrected chi connectivity index (χ4v) is 2.04. The molecule has 2 rings (SSSR count). The van der Waals surface area contributed by atoms with Gasteiger partial charge in [-0.25, -0.2) is 0 Å². The fourth-order valence-electron chi connectivity index (χ4n) is 2.04. The molecule has 2 unspecified atom stereocenters. The Hall–Kier alpha value is -0.370. The normalized spacial score (nSPS) is 43.8. The number of ether oxygens (including phenoxy) is 1. The molecule has 2 fully saturated rings. The minimum Gasteiger partial charge on any atom is -0.363 e.